The van der Waals surface area contributed by atoms with Gasteiger partial charge in [0.15, 0.2) is 0 Å². The van der Waals surface area contributed by atoms with Crippen molar-refractivity contribution in [2.45, 2.75) is 64.5 Å². The second-order valence-corrected chi connectivity index (χ2v) is 14.5. The van der Waals surface area contributed by atoms with Crippen molar-refractivity contribution in [2.24, 2.45) is 0 Å². The first-order valence-electron chi connectivity index (χ1n) is 18.7. The fourth-order valence-corrected chi connectivity index (χ4v) is 7.47. The summed E-state index contributed by atoms with van der Waals surface area (Å²) in [6, 6.07) is 22.6. The first-order chi connectivity index (χ1) is 24.7. The van der Waals surface area contributed by atoms with Crippen LogP contribution in [0, 0.1) is 6.92 Å². The Labute approximate surface area is 306 Å². The van der Waals surface area contributed by atoms with Crippen LogP contribution >= 0.6 is 0 Å². The molecule has 2 aliphatic rings. The van der Waals surface area contributed by atoms with Gasteiger partial charge < -0.3 is 29.9 Å². The largest absolute Gasteiger partial charge is 0.383 e. The lowest BCUT2D eigenvalue weighted by Gasteiger charge is -2.30. The summed E-state index contributed by atoms with van der Waals surface area (Å²) in [6.07, 6.45) is 8.39. The van der Waals surface area contributed by atoms with Gasteiger partial charge in [-0.15, -0.1) is 13.2 Å². The summed E-state index contributed by atoms with van der Waals surface area (Å²) in [7, 11) is 8.32. The van der Waals surface area contributed by atoms with Gasteiger partial charge in [0, 0.05) is 56.6 Å². The molecule has 6 rings (SSSR count). The molecule has 1 amide bonds. The quantitative estimate of drug-likeness (QED) is 0.138. The van der Waals surface area contributed by atoms with E-state index in [1.54, 1.807) is 0 Å². The van der Waals surface area contributed by atoms with Crippen LogP contribution in [-0.2, 0) is 4.79 Å². The molecule has 3 heterocycles. The maximum atomic E-state index is 13.0. The van der Waals surface area contributed by atoms with E-state index >= 15 is 0 Å². The maximum absolute atomic E-state index is 13.0. The molecule has 2 N–H and O–H groups in total. The van der Waals surface area contributed by atoms with Gasteiger partial charge in [-0.2, -0.15) is 0 Å². The number of rotatable bonds is 13. The van der Waals surface area contributed by atoms with Gasteiger partial charge in [-0.3, -0.25) is 4.79 Å². The fraction of sp³-hybridized carbons (Fsp3) is 0.442. The van der Waals surface area contributed by atoms with E-state index in [1.807, 2.05) is 19.0 Å². The van der Waals surface area contributed by atoms with E-state index in [9.17, 15) is 4.79 Å². The number of aryl methyl sites for hydroxylation is 1. The lowest BCUT2D eigenvalue weighted by atomic mass is 9.98. The number of fused-ring (bicyclic) bond motifs is 1. The SMILES string of the molecule is C=C.CC=C(CCN(C)C)N1CCCC1CNc1cc(-c2ccc(-c3ccc4nc([C@@H]5CCCN5C(=O)CCN(C)C)[nH]c4c3)cc2)ccc1C. The van der Waals surface area contributed by atoms with Crippen LogP contribution < -0.4 is 5.32 Å². The van der Waals surface area contributed by atoms with Gasteiger partial charge in [0.25, 0.3) is 0 Å². The van der Waals surface area contributed by atoms with E-state index < -0.39 is 0 Å². The summed E-state index contributed by atoms with van der Waals surface area (Å²) < 4.78 is 0. The number of amides is 1. The van der Waals surface area contributed by atoms with Crippen LogP contribution in [0.4, 0.5) is 5.69 Å². The molecule has 1 aromatic heterocycles. The number of hydrogen-bond donors (Lipinski definition) is 2. The van der Waals surface area contributed by atoms with E-state index in [4.69, 9.17) is 4.98 Å². The highest BCUT2D eigenvalue weighted by Crippen LogP contribution is 2.34. The smallest absolute Gasteiger partial charge is 0.224 e. The first-order valence-corrected chi connectivity index (χ1v) is 18.7. The first kappa shape index (κ1) is 37.8. The lowest BCUT2D eigenvalue weighted by molar-refractivity contribution is -0.132. The zero-order valence-electron chi connectivity index (χ0n) is 31.8. The standard InChI is InChI=1S/C41H55N7O.C2H4/c1-7-34(20-24-45(3)4)47-22-8-10-35(47)28-42-37-26-32(13-12-29(37)2)30-14-16-31(17-15-30)33-18-19-36-38(27-33)44-41(43-36)39-11-9-23-48(39)40(49)21-25-46(5)6;1-2/h7,12-19,26-27,35,39,42H,8-11,20-25,28H2,1-6H3,(H,43,44);1-2H2/t35?,39-;/m0./s1. The summed E-state index contributed by atoms with van der Waals surface area (Å²) in [4.78, 5) is 30.4. The van der Waals surface area contributed by atoms with E-state index in [-0.39, 0.29) is 11.9 Å². The normalized spacial score (nSPS) is 17.8. The zero-order chi connectivity index (χ0) is 36.5. The van der Waals surface area contributed by atoms with Crippen molar-refractivity contribution in [3.8, 4) is 22.3 Å². The number of aromatic amines is 1. The van der Waals surface area contributed by atoms with Crippen LogP contribution in [0.15, 0.2) is 85.6 Å². The number of nitrogens with zero attached hydrogens (tertiary/aromatic N) is 5. The number of imidazole rings is 1. The highest BCUT2D eigenvalue weighted by atomic mass is 16.2. The molecule has 8 heteroatoms. The highest BCUT2D eigenvalue weighted by molar-refractivity contribution is 5.83. The van der Waals surface area contributed by atoms with Crippen molar-refractivity contribution in [2.75, 3.05) is 66.2 Å². The van der Waals surface area contributed by atoms with E-state index in [2.05, 4.69) is 133 Å². The van der Waals surface area contributed by atoms with E-state index in [0.717, 1.165) is 74.4 Å². The molecule has 51 heavy (non-hydrogen) atoms. The Hall–Kier alpha value is -4.40. The number of carbonyl (C=O) groups is 1. The third-order valence-electron chi connectivity index (χ3n) is 10.4. The summed E-state index contributed by atoms with van der Waals surface area (Å²) >= 11 is 0. The average Bonchev–Trinajstić information content (AvgIpc) is 3.91. The predicted octanol–water partition coefficient (Wildman–Crippen LogP) is 8.35. The number of anilines is 1. The number of nitrogens with one attached hydrogen (secondary N) is 2. The molecule has 3 aromatic carbocycles. The molecule has 272 valence electrons. The number of allylic oxidation sites excluding steroid dienone is 1. The molecule has 0 spiro atoms. The predicted molar refractivity (Wildman–Crippen MR) is 215 cm³/mol. The molecule has 0 radical (unpaired) electrons. The van der Waals surface area contributed by atoms with Gasteiger partial charge >= 0.3 is 0 Å². The van der Waals surface area contributed by atoms with Crippen LogP contribution in [0.5, 0.6) is 0 Å². The summed E-state index contributed by atoms with van der Waals surface area (Å²) in [5.74, 6) is 1.11. The van der Waals surface area contributed by atoms with Crippen LogP contribution in [0.25, 0.3) is 33.3 Å². The number of H-pyrrole nitrogens is 1. The molecule has 0 bridgehead atoms. The van der Waals surface area contributed by atoms with Crippen molar-refractivity contribution < 1.29 is 4.79 Å². The summed E-state index contributed by atoms with van der Waals surface area (Å²) in [5, 5.41) is 3.82. The average molecular weight is 690 g/mol. The zero-order valence-corrected chi connectivity index (χ0v) is 31.8. The molecule has 2 fully saturated rings. The van der Waals surface area contributed by atoms with Gasteiger partial charge in [0.2, 0.25) is 5.91 Å². The number of benzene rings is 3. The third kappa shape index (κ3) is 9.29. The molecule has 4 aromatic rings. The Kier molecular flexibility index (Phi) is 13.1. The van der Waals surface area contributed by atoms with Gasteiger partial charge in [0.05, 0.1) is 17.1 Å². The van der Waals surface area contributed by atoms with Crippen LogP contribution in [0.1, 0.15) is 62.9 Å². The van der Waals surface area contributed by atoms with Crippen molar-refractivity contribution >= 4 is 22.6 Å². The van der Waals surface area contributed by atoms with Crippen molar-refractivity contribution in [1.29, 1.82) is 0 Å². The van der Waals surface area contributed by atoms with Gasteiger partial charge in [-0.05, 0) is 120 Å². The van der Waals surface area contributed by atoms with Crippen molar-refractivity contribution in [3.05, 3.63) is 97.0 Å². The van der Waals surface area contributed by atoms with E-state index in [1.165, 1.54) is 46.5 Å². The molecule has 8 nitrogen and oxygen atoms in total. The minimum absolute atomic E-state index is 0.0227. The Morgan fingerprint density at radius 2 is 1.47 bits per heavy atom. The molecule has 1 unspecified atom stereocenters. The molecule has 2 atom stereocenters. The van der Waals surface area contributed by atoms with Crippen LogP contribution in [0.2, 0.25) is 0 Å². The molecule has 2 saturated heterocycles. The van der Waals surface area contributed by atoms with E-state index in [0.29, 0.717) is 12.5 Å². The number of aromatic nitrogens is 2. The maximum Gasteiger partial charge on any atom is 0.224 e. The molecular weight excluding hydrogens is 631 g/mol. The number of carbonyl (C=O) groups excluding carboxylic acids is 1. The number of likely N-dealkylation sites (tertiary alicyclic amines) is 2. The Balaban J connectivity index is 0.00000248. The second-order valence-electron chi connectivity index (χ2n) is 14.5. The van der Waals surface area contributed by atoms with Gasteiger partial charge in [-0.1, -0.05) is 48.5 Å². The monoisotopic (exact) mass is 689 g/mol. The highest BCUT2D eigenvalue weighted by Gasteiger charge is 2.32. The molecular formula is C43H59N7O. The lowest BCUT2D eigenvalue weighted by Crippen LogP contribution is -2.35. The Bertz CT molecular complexity index is 1770. The third-order valence-corrected chi connectivity index (χ3v) is 10.4. The summed E-state index contributed by atoms with van der Waals surface area (Å²) in [6.45, 7) is 15.1. The Morgan fingerprint density at radius 1 is 0.863 bits per heavy atom. The van der Waals surface area contributed by atoms with Crippen LogP contribution in [0.3, 0.4) is 0 Å². The minimum atomic E-state index is 0.0227. The molecule has 0 aliphatic carbocycles. The molecule has 0 saturated carbocycles. The van der Waals surface area contributed by atoms with Crippen LogP contribution in [-0.4, -0.2) is 102 Å². The van der Waals surface area contributed by atoms with Crippen molar-refractivity contribution in [1.82, 2.24) is 29.6 Å². The fourth-order valence-electron chi connectivity index (χ4n) is 7.47. The summed E-state index contributed by atoms with van der Waals surface area (Å²) in [5.41, 5.74) is 10.7. The van der Waals surface area contributed by atoms with Crippen molar-refractivity contribution in [3.63, 3.8) is 0 Å². The topological polar surface area (TPSA) is 70.7 Å². The minimum Gasteiger partial charge on any atom is -0.383 e. The Morgan fingerprint density at radius 3 is 2.16 bits per heavy atom. The van der Waals surface area contributed by atoms with Gasteiger partial charge in [-0.25, -0.2) is 4.98 Å². The van der Waals surface area contributed by atoms with Gasteiger partial charge in [0.1, 0.15) is 5.82 Å². The number of hydrogen-bond acceptors (Lipinski definition) is 6. The molecule has 2 aliphatic heterocycles. The second kappa shape index (κ2) is 17.7.